The normalized spacial score (nSPS) is 12.2. The quantitative estimate of drug-likeness (QED) is 0.885. The Labute approximate surface area is 113 Å². The van der Waals surface area contributed by atoms with E-state index in [4.69, 9.17) is 0 Å². The Morgan fingerprint density at radius 1 is 1.37 bits per heavy atom. The number of carbonyl (C=O) groups excluding carboxylic acids is 1. The van der Waals surface area contributed by atoms with Gasteiger partial charge in [-0.15, -0.1) is 0 Å². The minimum Gasteiger partial charge on any atom is -0.388 e. The molecule has 0 radical (unpaired) electrons. The van der Waals surface area contributed by atoms with Gasteiger partial charge in [0.25, 0.3) is 5.91 Å². The molecule has 1 aromatic heterocycles. The predicted molar refractivity (Wildman–Crippen MR) is 78.5 cm³/mol. The van der Waals surface area contributed by atoms with Crippen LogP contribution in [-0.2, 0) is 0 Å². The summed E-state index contributed by atoms with van der Waals surface area (Å²) in [6.07, 6.45) is 0.901. The second-order valence-corrected chi connectivity index (χ2v) is 4.60. The molecule has 0 aliphatic rings. The molecule has 1 atom stereocenters. The summed E-state index contributed by atoms with van der Waals surface area (Å²) in [4.78, 5) is 16.5. The van der Waals surface area contributed by atoms with Crippen LogP contribution in [-0.4, -0.2) is 24.0 Å². The van der Waals surface area contributed by atoms with Crippen molar-refractivity contribution in [2.24, 2.45) is 0 Å². The zero-order valence-electron chi connectivity index (χ0n) is 11.5. The lowest BCUT2D eigenvalue weighted by atomic mass is 10.1. The summed E-state index contributed by atoms with van der Waals surface area (Å²) < 4.78 is 0. The fraction of sp³-hybridized carbons (Fsp3) is 0.333. The maximum Gasteiger partial charge on any atom is 0.270 e. The number of rotatable bonds is 4. The van der Waals surface area contributed by atoms with Crippen molar-refractivity contribution >= 4 is 22.5 Å². The van der Waals surface area contributed by atoms with Crippen LogP contribution in [0, 0.1) is 0 Å². The maximum atomic E-state index is 12.1. The molecule has 0 saturated heterocycles. The summed E-state index contributed by atoms with van der Waals surface area (Å²) in [5.41, 5.74) is 2.19. The number of pyridine rings is 1. The Balaban J connectivity index is 2.41. The van der Waals surface area contributed by atoms with E-state index in [2.05, 4.69) is 15.6 Å². The van der Waals surface area contributed by atoms with E-state index in [0.29, 0.717) is 5.69 Å². The van der Waals surface area contributed by atoms with Crippen molar-refractivity contribution in [2.75, 3.05) is 12.4 Å². The number of anilines is 1. The highest BCUT2D eigenvalue weighted by atomic mass is 16.1. The highest BCUT2D eigenvalue weighted by molar-refractivity contribution is 5.99. The number of benzene rings is 1. The molecule has 0 bridgehead atoms. The van der Waals surface area contributed by atoms with Crippen LogP contribution in [0.25, 0.3) is 10.9 Å². The summed E-state index contributed by atoms with van der Waals surface area (Å²) in [6, 6.07) is 9.73. The van der Waals surface area contributed by atoms with Crippen LogP contribution in [0.3, 0.4) is 0 Å². The van der Waals surface area contributed by atoms with Gasteiger partial charge in [-0.3, -0.25) is 4.79 Å². The van der Waals surface area contributed by atoms with Gasteiger partial charge in [0.15, 0.2) is 0 Å². The highest BCUT2D eigenvalue weighted by Crippen LogP contribution is 2.22. The van der Waals surface area contributed by atoms with Crippen LogP contribution in [0.15, 0.2) is 30.3 Å². The number of hydrogen-bond donors (Lipinski definition) is 2. The molecule has 4 heteroatoms. The molecule has 1 amide bonds. The summed E-state index contributed by atoms with van der Waals surface area (Å²) in [7, 11) is 1.85. The van der Waals surface area contributed by atoms with Gasteiger partial charge in [-0.1, -0.05) is 25.1 Å². The molecule has 0 aliphatic heterocycles. The van der Waals surface area contributed by atoms with Gasteiger partial charge in [0, 0.05) is 24.2 Å². The number of aromatic nitrogens is 1. The second kappa shape index (κ2) is 5.69. The van der Waals surface area contributed by atoms with E-state index in [1.165, 1.54) is 0 Å². The number of amides is 1. The monoisotopic (exact) mass is 257 g/mol. The van der Waals surface area contributed by atoms with Crippen molar-refractivity contribution in [1.29, 1.82) is 0 Å². The zero-order valence-corrected chi connectivity index (χ0v) is 11.5. The minimum absolute atomic E-state index is 0.128. The van der Waals surface area contributed by atoms with E-state index >= 15 is 0 Å². The Morgan fingerprint density at radius 3 is 2.79 bits per heavy atom. The van der Waals surface area contributed by atoms with Crippen LogP contribution in [0.5, 0.6) is 0 Å². The molecule has 1 heterocycles. The molecule has 1 unspecified atom stereocenters. The van der Waals surface area contributed by atoms with E-state index in [-0.39, 0.29) is 11.9 Å². The Kier molecular flexibility index (Phi) is 4.00. The van der Waals surface area contributed by atoms with Gasteiger partial charge in [0.2, 0.25) is 0 Å². The first-order valence-corrected chi connectivity index (χ1v) is 6.54. The number of nitrogens with zero attached hydrogens (tertiary/aromatic N) is 1. The number of fused-ring (bicyclic) bond motifs is 1. The van der Waals surface area contributed by atoms with Crippen molar-refractivity contribution in [2.45, 2.75) is 26.3 Å². The molecule has 4 nitrogen and oxygen atoms in total. The topological polar surface area (TPSA) is 54.0 Å². The smallest absolute Gasteiger partial charge is 0.270 e. The van der Waals surface area contributed by atoms with Gasteiger partial charge >= 0.3 is 0 Å². The first-order chi connectivity index (χ1) is 9.15. The molecule has 2 aromatic rings. The predicted octanol–water partition coefficient (Wildman–Crippen LogP) is 2.80. The van der Waals surface area contributed by atoms with Gasteiger partial charge in [-0.2, -0.15) is 0 Å². The van der Waals surface area contributed by atoms with Crippen molar-refractivity contribution in [3.05, 3.63) is 36.0 Å². The largest absolute Gasteiger partial charge is 0.388 e. The summed E-state index contributed by atoms with van der Waals surface area (Å²) in [5.74, 6) is -0.128. The van der Waals surface area contributed by atoms with Crippen LogP contribution in [0.1, 0.15) is 30.8 Å². The average Bonchev–Trinajstić information content (AvgIpc) is 2.45. The number of para-hydroxylation sites is 1. The third kappa shape index (κ3) is 2.84. The van der Waals surface area contributed by atoms with E-state index in [1.807, 2.05) is 45.2 Å². The molecule has 19 heavy (non-hydrogen) atoms. The lowest BCUT2D eigenvalue weighted by molar-refractivity contribution is 0.0934. The van der Waals surface area contributed by atoms with Gasteiger partial charge in [0.05, 0.1) is 5.52 Å². The fourth-order valence-corrected chi connectivity index (χ4v) is 1.90. The number of carbonyl (C=O) groups is 1. The molecular weight excluding hydrogens is 238 g/mol. The third-order valence-corrected chi connectivity index (χ3v) is 3.21. The van der Waals surface area contributed by atoms with E-state index in [9.17, 15) is 4.79 Å². The SMILES string of the molecule is CCC(C)NC(=O)c1cc(NC)c2ccccc2n1. The standard InChI is InChI=1S/C15H19N3O/c1-4-10(2)17-15(19)14-9-13(16-3)11-7-5-6-8-12(11)18-14/h5-10H,4H2,1-3H3,(H,16,18)(H,17,19). The molecule has 2 rings (SSSR count). The van der Waals surface area contributed by atoms with Crippen molar-refractivity contribution in [3.63, 3.8) is 0 Å². The number of hydrogen-bond acceptors (Lipinski definition) is 3. The third-order valence-electron chi connectivity index (χ3n) is 3.21. The zero-order chi connectivity index (χ0) is 13.8. The van der Waals surface area contributed by atoms with Gasteiger partial charge < -0.3 is 10.6 Å². The summed E-state index contributed by atoms with van der Waals surface area (Å²) in [6.45, 7) is 4.02. The van der Waals surface area contributed by atoms with E-state index in [1.54, 1.807) is 6.07 Å². The van der Waals surface area contributed by atoms with Crippen LogP contribution < -0.4 is 10.6 Å². The molecular formula is C15H19N3O. The van der Waals surface area contributed by atoms with Crippen LogP contribution in [0.4, 0.5) is 5.69 Å². The Hall–Kier alpha value is -2.10. The summed E-state index contributed by atoms with van der Waals surface area (Å²) >= 11 is 0. The molecule has 0 spiro atoms. The maximum absolute atomic E-state index is 12.1. The van der Waals surface area contributed by atoms with Crippen molar-refractivity contribution in [1.82, 2.24) is 10.3 Å². The molecule has 2 N–H and O–H groups in total. The lowest BCUT2D eigenvalue weighted by Gasteiger charge is -2.13. The summed E-state index contributed by atoms with van der Waals surface area (Å²) in [5, 5.41) is 7.06. The molecule has 100 valence electrons. The molecule has 0 saturated carbocycles. The highest BCUT2D eigenvalue weighted by Gasteiger charge is 2.12. The molecule has 1 aromatic carbocycles. The Morgan fingerprint density at radius 2 is 2.11 bits per heavy atom. The Bertz CT molecular complexity index is 595. The van der Waals surface area contributed by atoms with E-state index < -0.39 is 0 Å². The lowest BCUT2D eigenvalue weighted by Crippen LogP contribution is -2.32. The minimum atomic E-state index is -0.128. The van der Waals surface area contributed by atoms with Gasteiger partial charge in [-0.25, -0.2) is 4.98 Å². The van der Waals surface area contributed by atoms with Gasteiger partial charge in [-0.05, 0) is 25.5 Å². The number of nitrogens with one attached hydrogen (secondary N) is 2. The average molecular weight is 257 g/mol. The van der Waals surface area contributed by atoms with Crippen molar-refractivity contribution < 1.29 is 4.79 Å². The first kappa shape index (κ1) is 13.3. The first-order valence-electron chi connectivity index (χ1n) is 6.54. The van der Waals surface area contributed by atoms with E-state index in [0.717, 1.165) is 23.0 Å². The van der Waals surface area contributed by atoms with Crippen LogP contribution >= 0.6 is 0 Å². The van der Waals surface area contributed by atoms with Crippen LogP contribution in [0.2, 0.25) is 0 Å². The van der Waals surface area contributed by atoms with Gasteiger partial charge in [0.1, 0.15) is 5.69 Å². The molecule has 0 fully saturated rings. The second-order valence-electron chi connectivity index (χ2n) is 4.60. The van der Waals surface area contributed by atoms with Crippen molar-refractivity contribution in [3.8, 4) is 0 Å². The molecule has 0 aliphatic carbocycles. The fourth-order valence-electron chi connectivity index (χ4n) is 1.90.